The van der Waals surface area contributed by atoms with E-state index >= 15 is 0 Å². The number of nitrogens with two attached hydrogens (primary N) is 1. The molecule has 124 valence electrons. The third kappa shape index (κ3) is 5.48. The first-order valence-electron chi connectivity index (χ1n) is 7.46. The number of nitrogen functional groups attached to an aromatic ring is 1. The molecule has 22 heavy (non-hydrogen) atoms. The number of hydrogen-bond donors (Lipinski definition) is 2. The zero-order chi connectivity index (χ0) is 15.2. The van der Waals surface area contributed by atoms with Crippen LogP contribution < -0.4 is 11.1 Å². The molecular weight excluding hydrogens is 304 g/mol. The molecule has 1 aromatic rings. The van der Waals surface area contributed by atoms with Gasteiger partial charge in [-0.3, -0.25) is 4.79 Å². The van der Waals surface area contributed by atoms with E-state index in [4.69, 9.17) is 15.2 Å². The molecule has 0 bridgehead atoms. The summed E-state index contributed by atoms with van der Waals surface area (Å²) < 4.78 is 11.2. The first kappa shape index (κ1) is 18.7. The van der Waals surface area contributed by atoms with Crippen LogP contribution in [-0.2, 0) is 14.3 Å². The van der Waals surface area contributed by atoms with Gasteiger partial charge in [0.05, 0.1) is 12.7 Å². The maximum atomic E-state index is 12.1. The number of aryl methyl sites for hydroxylation is 1. The molecule has 0 saturated carbocycles. The van der Waals surface area contributed by atoms with Crippen molar-refractivity contribution in [2.45, 2.75) is 45.3 Å². The van der Waals surface area contributed by atoms with E-state index in [9.17, 15) is 4.79 Å². The number of nitrogens with one attached hydrogen (secondary N) is 1. The molecule has 1 saturated heterocycles. The molecule has 2 rings (SSSR count). The largest absolute Gasteiger partial charge is 0.399 e. The van der Waals surface area contributed by atoms with Crippen molar-refractivity contribution in [3.63, 3.8) is 0 Å². The second kappa shape index (κ2) is 8.98. The number of halogens is 1. The summed E-state index contributed by atoms with van der Waals surface area (Å²) in [6.07, 6.45) is 2.88. The fraction of sp³-hybridized carbons (Fsp3) is 0.562. The SMILES string of the molecule is Cc1ccc(N)cc1NC(=O)C(C)OCC1CCCCO1.Cl. The molecule has 1 aliphatic heterocycles. The maximum Gasteiger partial charge on any atom is 0.253 e. The third-order valence-corrected chi connectivity index (χ3v) is 3.69. The van der Waals surface area contributed by atoms with Crippen LogP contribution in [0.3, 0.4) is 0 Å². The minimum atomic E-state index is -0.517. The summed E-state index contributed by atoms with van der Waals surface area (Å²) >= 11 is 0. The molecule has 2 atom stereocenters. The second-order valence-electron chi connectivity index (χ2n) is 5.53. The average molecular weight is 329 g/mol. The summed E-state index contributed by atoms with van der Waals surface area (Å²) in [5.41, 5.74) is 8.06. The predicted molar refractivity (Wildman–Crippen MR) is 90.5 cm³/mol. The van der Waals surface area contributed by atoms with Crippen LogP contribution in [0.2, 0.25) is 0 Å². The number of benzene rings is 1. The topological polar surface area (TPSA) is 73.6 Å². The van der Waals surface area contributed by atoms with E-state index in [0.29, 0.717) is 12.3 Å². The van der Waals surface area contributed by atoms with Crippen molar-refractivity contribution in [2.24, 2.45) is 0 Å². The lowest BCUT2D eigenvalue weighted by molar-refractivity contribution is -0.130. The molecule has 1 aliphatic rings. The second-order valence-corrected chi connectivity index (χ2v) is 5.53. The highest BCUT2D eigenvalue weighted by molar-refractivity contribution is 5.95. The summed E-state index contributed by atoms with van der Waals surface area (Å²) in [6, 6.07) is 5.45. The number of carbonyl (C=O) groups is 1. The van der Waals surface area contributed by atoms with Crippen molar-refractivity contribution in [2.75, 3.05) is 24.3 Å². The molecule has 2 unspecified atom stereocenters. The minimum absolute atomic E-state index is 0. The van der Waals surface area contributed by atoms with Crippen molar-refractivity contribution in [1.82, 2.24) is 0 Å². The lowest BCUT2D eigenvalue weighted by Gasteiger charge is -2.24. The van der Waals surface area contributed by atoms with Crippen molar-refractivity contribution in [3.8, 4) is 0 Å². The Hall–Kier alpha value is -1.30. The van der Waals surface area contributed by atoms with Crippen LogP contribution >= 0.6 is 12.4 Å². The number of ether oxygens (including phenoxy) is 2. The Kier molecular flexibility index (Phi) is 7.65. The van der Waals surface area contributed by atoms with Crippen LogP contribution in [0.15, 0.2) is 18.2 Å². The third-order valence-electron chi connectivity index (χ3n) is 3.69. The molecule has 0 aliphatic carbocycles. The zero-order valence-corrected chi connectivity index (χ0v) is 13.9. The number of anilines is 2. The molecule has 1 fully saturated rings. The quantitative estimate of drug-likeness (QED) is 0.815. The van der Waals surface area contributed by atoms with E-state index in [2.05, 4.69) is 5.32 Å². The Labute approximate surface area is 138 Å². The van der Waals surface area contributed by atoms with E-state index in [1.807, 2.05) is 19.1 Å². The summed E-state index contributed by atoms with van der Waals surface area (Å²) in [5, 5.41) is 2.85. The van der Waals surface area contributed by atoms with Gasteiger partial charge < -0.3 is 20.5 Å². The summed E-state index contributed by atoms with van der Waals surface area (Å²) in [4.78, 5) is 12.1. The van der Waals surface area contributed by atoms with Crippen LogP contribution in [0, 0.1) is 6.92 Å². The van der Waals surface area contributed by atoms with Gasteiger partial charge in [-0.15, -0.1) is 12.4 Å². The normalized spacial score (nSPS) is 19.1. The molecule has 0 aromatic heterocycles. The van der Waals surface area contributed by atoms with Crippen LogP contribution in [0.4, 0.5) is 11.4 Å². The predicted octanol–water partition coefficient (Wildman–Crippen LogP) is 2.91. The molecule has 1 heterocycles. The number of hydrogen-bond acceptors (Lipinski definition) is 4. The van der Waals surface area contributed by atoms with Gasteiger partial charge in [0.15, 0.2) is 0 Å². The van der Waals surface area contributed by atoms with E-state index in [-0.39, 0.29) is 24.4 Å². The van der Waals surface area contributed by atoms with Gasteiger partial charge in [-0.05, 0) is 50.8 Å². The fourth-order valence-electron chi connectivity index (χ4n) is 2.27. The van der Waals surface area contributed by atoms with Crippen molar-refractivity contribution in [3.05, 3.63) is 23.8 Å². The number of rotatable bonds is 5. The molecule has 0 radical (unpaired) electrons. The molecule has 3 N–H and O–H groups in total. The molecule has 1 amide bonds. The van der Waals surface area contributed by atoms with Crippen LogP contribution in [0.1, 0.15) is 31.7 Å². The Bertz CT molecular complexity index is 490. The van der Waals surface area contributed by atoms with Crippen LogP contribution in [0.5, 0.6) is 0 Å². The highest BCUT2D eigenvalue weighted by Crippen LogP contribution is 2.19. The lowest BCUT2D eigenvalue weighted by atomic mass is 10.1. The Morgan fingerprint density at radius 1 is 1.50 bits per heavy atom. The summed E-state index contributed by atoms with van der Waals surface area (Å²) in [6.45, 7) is 4.93. The minimum Gasteiger partial charge on any atom is -0.399 e. The van der Waals surface area contributed by atoms with Gasteiger partial charge >= 0.3 is 0 Å². The van der Waals surface area contributed by atoms with Gasteiger partial charge in [-0.25, -0.2) is 0 Å². The van der Waals surface area contributed by atoms with E-state index < -0.39 is 6.10 Å². The Morgan fingerprint density at radius 3 is 2.95 bits per heavy atom. The zero-order valence-electron chi connectivity index (χ0n) is 13.1. The standard InChI is InChI=1S/C16H24N2O3.ClH/c1-11-6-7-13(17)9-15(11)18-16(19)12(2)21-10-14-5-3-4-8-20-14;/h6-7,9,12,14H,3-5,8,10,17H2,1-2H3,(H,18,19);1H. The number of amides is 1. The van der Waals surface area contributed by atoms with Gasteiger partial charge in [-0.1, -0.05) is 6.07 Å². The van der Waals surface area contributed by atoms with Gasteiger partial charge in [0.25, 0.3) is 5.91 Å². The summed E-state index contributed by atoms with van der Waals surface area (Å²) in [5.74, 6) is -0.167. The highest BCUT2D eigenvalue weighted by atomic mass is 35.5. The summed E-state index contributed by atoms with van der Waals surface area (Å²) in [7, 11) is 0. The highest BCUT2D eigenvalue weighted by Gasteiger charge is 2.19. The van der Waals surface area contributed by atoms with E-state index in [1.54, 1.807) is 13.0 Å². The monoisotopic (exact) mass is 328 g/mol. The van der Waals surface area contributed by atoms with Gasteiger partial charge in [0.2, 0.25) is 0 Å². The average Bonchev–Trinajstić information content (AvgIpc) is 2.49. The molecule has 1 aromatic carbocycles. The van der Waals surface area contributed by atoms with Crippen LogP contribution in [0.25, 0.3) is 0 Å². The molecule has 6 heteroatoms. The van der Waals surface area contributed by atoms with E-state index in [0.717, 1.165) is 37.1 Å². The number of carbonyl (C=O) groups excluding carboxylic acids is 1. The van der Waals surface area contributed by atoms with E-state index in [1.165, 1.54) is 0 Å². The molecule has 0 spiro atoms. The van der Waals surface area contributed by atoms with Gasteiger partial charge in [0, 0.05) is 18.0 Å². The smallest absolute Gasteiger partial charge is 0.253 e. The van der Waals surface area contributed by atoms with Crippen molar-refractivity contribution >= 4 is 29.7 Å². The first-order chi connectivity index (χ1) is 10.1. The Balaban J connectivity index is 0.00000242. The maximum absolute atomic E-state index is 12.1. The lowest BCUT2D eigenvalue weighted by Crippen LogP contribution is -2.32. The fourth-order valence-corrected chi connectivity index (χ4v) is 2.27. The van der Waals surface area contributed by atoms with Crippen molar-refractivity contribution < 1.29 is 14.3 Å². The van der Waals surface area contributed by atoms with Crippen molar-refractivity contribution in [1.29, 1.82) is 0 Å². The first-order valence-corrected chi connectivity index (χ1v) is 7.46. The van der Waals surface area contributed by atoms with Gasteiger partial charge in [-0.2, -0.15) is 0 Å². The molecular formula is C16H25ClN2O3. The van der Waals surface area contributed by atoms with Gasteiger partial charge in [0.1, 0.15) is 6.10 Å². The Morgan fingerprint density at radius 2 is 2.27 bits per heavy atom. The molecule has 5 nitrogen and oxygen atoms in total. The van der Waals surface area contributed by atoms with Crippen LogP contribution in [-0.4, -0.2) is 31.3 Å².